The lowest BCUT2D eigenvalue weighted by atomic mass is 10.1. The van der Waals surface area contributed by atoms with Crippen molar-refractivity contribution in [3.63, 3.8) is 0 Å². The highest BCUT2D eigenvalue weighted by Crippen LogP contribution is 2.19. The van der Waals surface area contributed by atoms with Gasteiger partial charge in [-0.25, -0.2) is 8.42 Å². The maximum absolute atomic E-state index is 12.9. The van der Waals surface area contributed by atoms with Crippen LogP contribution in [0.3, 0.4) is 0 Å². The van der Waals surface area contributed by atoms with Crippen LogP contribution in [0.1, 0.15) is 15.9 Å². The van der Waals surface area contributed by atoms with Crippen molar-refractivity contribution in [2.24, 2.45) is 0 Å². The third-order valence-electron chi connectivity index (χ3n) is 5.28. The van der Waals surface area contributed by atoms with Crippen LogP contribution in [0.5, 0.6) is 0 Å². The van der Waals surface area contributed by atoms with E-state index in [-0.39, 0.29) is 19.0 Å². The summed E-state index contributed by atoms with van der Waals surface area (Å²) >= 11 is 5.86. The summed E-state index contributed by atoms with van der Waals surface area (Å²) in [5, 5.41) is 1.79. The Kier molecular flexibility index (Phi) is 6.69. The number of carbonyl (C=O) groups excluding carboxylic acids is 1. The van der Waals surface area contributed by atoms with Gasteiger partial charge in [0.25, 0.3) is 5.91 Å². The van der Waals surface area contributed by atoms with E-state index >= 15 is 0 Å². The molecular weight excluding hydrogens is 446 g/mol. The van der Waals surface area contributed by atoms with E-state index in [1.54, 1.807) is 53.6 Å². The first-order chi connectivity index (χ1) is 15.4. The van der Waals surface area contributed by atoms with E-state index in [9.17, 15) is 13.2 Å². The summed E-state index contributed by atoms with van der Waals surface area (Å²) in [6.45, 7) is 1.19. The van der Waals surface area contributed by atoms with Crippen LogP contribution in [0.15, 0.2) is 78.3 Å². The molecular formula is C24H22ClN3O3S. The maximum atomic E-state index is 12.9. The number of sulfonamides is 1. The molecule has 3 aromatic rings. The standard InChI is InChI=1S/C24H22ClN3O3S/c25-22-10-4-19(5-11-22)12-18-32(30,31)28-16-14-27(15-17-28)24(29)21-8-6-20(7-9-21)23-3-1-2-13-26-23/h1-13,18H,14-17H2/b18-12+. The summed E-state index contributed by atoms with van der Waals surface area (Å²) in [4.78, 5) is 18.9. The number of piperazine rings is 1. The summed E-state index contributed by atoms with van der Waals surface area (Å²) in [5.74, 6) is -0.105. The van der Waals surface area contributed by atoms with Gasteiger partial charge in [0.2, 0.25) is 10.0 Å². The summed E-state index contributed by atoms with van der Waals surface area (Å²) in [6.07, 6.45) is 3.28. The van der Waals surface area contributed by atoms with Crippen LogP contribution in [0.2, 0.25) is 5.02 Å². The molecule has 4 rings (SSSR count). The number of aromatic nitrogens is 1. The van der Waals surface area contributed by atoms with Crippen LogP contribution in [-0.2, 0) is 10.0 Å². The number of pyridine rings is 1. The molecule has 1 saturated heterocycles. The van der Waals surface area contributed by atoms with Gasteiger partial charge in [0.05, 0.1) is 5.69 Å². The van der Waals surface area contributed by atoms with Gasteiger partial charge >= 0.3 is 0 Å². The molecule has 0 bridgehead atoms. The zero-order chi connectivity index (χ0) is 22.6. The topological polar surface area (TPSA) is 70.6 Å². The molecule has 1 amide bonds. The molecule has 2 heterocycles. The summed E-state index contributed by atoms with van der Waals surface area (Å²) in [5.41, 5.74) is 3.10. The average Bonchev–Trinajstić information content (AvgIpc) is 2.84. The summed E-state index contributed by atoms with van der Waals surface area (Å²) < 4.78 is 26.7. The Labute approximate surface area is 192 Å². The van der Waals surface area contributed by atoms with Crippen LogP contribution in [0.4, 0.5) is 0 Å². The number of hydrogen-bond acceptors (Lipinski definition) is 4. The highest BCUT2D eigenvalue weighted by molar-refractivity contribution is 7.92. The van der Waals surface area contributed by atoms with Crippen LogP contribution in [-0.4, -0.2) is 54.7 Å². The molecule has 0 spiro atoms. The molecule has 0 N–H and O–H groups in total. The van der Waals surface area contributed by atoms with Crippen LogP contribution < -0.4 is 0 Å². The Balaban J connectivity index is 1.36. The smallest absolute Gasteiger partial charge is 0.253 e. The van der Waals surface area contributed by atoms with E-state index in [1.165, 1.54) is 9.71 Å². The minimum Gasteiger partial charge on any atom is -0.336 e. The van der Waals surface area contributed by atoms with E-state index < -0.39 is 10.0 Å². The second kappa shape index (κ2) is 9.65. The first kappa shape index (κ1) is 22.2. The Morgan fingerprint density at radius 1 is 0.906 bits per heavy atom. The molecule has 0 radical (unpaired) electrons. The number of nitrogens with zero attached hydrogens (tertiary/aromatic N) is 3. The van der Waals surface area contributed by atoms with Gasteiger partial charge in [0.15, 0.2) is 0 Å². The molecule has 1 aliphatic heterocycles. The Morgan fingerprint density at radius 3 is 2.22 bits per heavy atom. The van der Waals surface area contributed by atoms with E-state index in [1.807, 2.05) is 30.3 Å². The molecule has 32 heavy (non-hydrogen) atoms. The predicted octanol–water partition coefficient (Wildman–Crippen LogP) is 4.16. The van der Waals surface area contributed by atoms with Crippen LogP contribution in [0.25, 0.3) is 17.3 Å². The lowest BCUT2D eigenvalue weighted by Crippen LogP contribution is -2.50. The molecule has 0 aliphatic carbocycles. The number of amides is 1. The Bertz CT molecular complexity index is 1200. The van der Waals surface area contributed by atoms with Gasteiger partial charge in [-0.15, -0.1) is 0 Å². The largest absolute Gasteiger partial charge is 0.336 e. The monoisotopic (exact) mass is 467 g/mol. The number of hydrogen-bond donors (Lipinski definition) is 0. The van der Waals surface area contributed by atoms with Crippen molar-refractivity contribution in [1.82, 2.24) is 14.2 Å². The molecule has 6 nitrogen and oxygen atoms in total. The fourth-order valence-corrected chi connectivity index (χ4v) is 4.77. The molecule has 2 aromatic carbocycles. The Morgan fingerprint density at radius 2 is 1.59 bits per heavy atom. The van der Waals surface area contributed by atoms with Gasteiger partial charge in [-0.1, -0.05) is 41.9 Å². The number of halogens is 1. The normalized spacial score (nSPS) is 15.2. The van der Waals surface area contributed by atoms with Crippen molar-refractivity contribution in [2.75, 3.05) is 26.2 Å². The van der Waals surface area contributed by atoms with Crippen molar-refractivity contribution in [3.05, 3.63) is 94.5 Å². The zero-order valence-corrected chi connectivity index (χ0v) is 18.8. The fraction of sp³-hybridized carbons (Fsp3) is 0.167. The molecule has 1 fully saturated rings. The first-order valence-electron chi connectivity index (χ1n) is 10.2. The molecule has 0 saturated carbocycles. The minimum atomic E-state index is -3.57. The van der Waals surface area contributed by atoms with E-state index in [0.717, 1.165) is 16.8 Å². The summed E-state index contributed by atoms with van der Waals surface area (Å²) in [7, 11) is -3.57. The second-order valence-electron chi connectivity index (χ2n) is 7.38. The van der Waals surface area contributed by atoms with Gasteiger partial charge in [-0.2, -0.15) is 4.31 Å². The average molecular weight is 468 g/mol. The number of carbonyl (C=O) groups is 1. The fourth-order valence-electron chi connectivity index (χ4n) is 3.47. The van der Waals surface area contributed by atoms with Gasteiger partial charge in [0.1, 0.15) is 0 Å². The Hall–Kier alpha value is -3.00. The molecule has 8 heteroatoms. The SMILES string of the molecule is O=C(c1ccc(-c2ccccn2)cc1)N1CCN(S(=O)(=O)/C=C/c2ccc(Cl)cc2)CC1. The van der Waals surface area contributed by atoms with Gasteiger partial charge in [-0.05, 0) is 48.0 Å². The minimum absolute atomic E-state index is 0.105. The van der Waals surface area contributed by atoms with E-state index in [4.69, 9.17) is 11.6 Å². The third kappa shape index (κ3) is 5.24. The van der Waals surface area contributed by atoms with E-state index in [0.29, 0.717) is 23.7 Å². The molecule has 1 aliphatic rings. The lowest BCUT2D eigenvalue weighted by Gasteiger charge is -2.33. The third-order valence-corrected chi connectivity index (χ3v) is 7.10. The molecule has 164 valence electrons. The second-order valence-corrected chi connectivity index (χ2v) is 9.64. The van der Waals surface area contributed by atoms with Crippen molar-refractivity contribution >= 4 is 33.6 Å². The molecule has 0 unspecified atom stereocenters. The predicted molar refractivity (Wildman–Crippen MR) is 127 cm³/mol. The summed E-state index contributed by atoms with van der Waals surface area (Å²) in [6, 6.07) is 19.9. The quantitative estimate of drug-likeness (QED) is 0.565. The van der Waals surface area contributed by atoms with Crippen LogP contribution >= 0.6 is 11.6 Å². The van der Waals surface area contributed by atoms with E-state index in [2.05, 4.69) is 4.98 Å². The molecule has 0 atom stereocenters. The number of benzene rings is 2. The number of rotatable bonds is 5. The van der Waals surface area contributed by atoms with Crippen molar-refractivity contribution < 1.29 is 13.2 Å². The zero-order valence-electron chi connectivity index (χ0n) is 17.3. The van der Waals surface area contributed by atoms with Crippen molar-refractivity contribution in [1.29, 1.82) is 0 Å². The maximum Gasteiger partial charge on any atom is 0.253 e. The van der Waals surface area contributed by atoms with Gasteiger partial charge < -0.3 is 4.90 Å². The van der Waals surface area contributed by atoms with Crippen molar-refractivity contribution in [3.8, 4) is 11.3 Å². The highest BCUT2D eigenvalue weighted by Gasteiger charge is 2.27. The van der Waals surface area contributed by atoms with Crippen molar-refractivity contribution in [2.45, 2.75) is 0 Å². The lowest BCUT2D eigenvalue weighted by molar-refractivity contribution is 0.0698. The first-order valence-corrected chi connectivity index (χ1v) is 12.0. The van der Waals surface area contributed by atoms with Crippen LogP contribution in [0, 0.1) is 0 Å². The van der Waals surface area contributed by atoms with Gasteiger partial charge in [0, 0.05) is 53.9 Å². The highest BCUT2D eigenvalue weighted by atomic mass is 35.5. The molecule has 1 aromatic heterocycles. The van der Waals surface area contributed by atoms with Gasteiger partial charge in [-0.3, -0.25) is 9.78 Å².